The molecule has 64 valence electrons. The van der Waals surface area contributed by atoms with Crippen molar-refractivity contribution in [3.8, 4) is 0 Å². The van der Waals surface area contributed by atoms with Gasteiger partial charge in [0.2, 0.25) is 0 Å². The minimum Gasteiger partial charge on any atom is -0.331 e. The lowest BCUT2D eigenvalue weighted by atomic mass is 10.3. The number of carbonyl (C=O) groups excluding carboxylic acids is 1. The lowest BCUT2D eigenvalue weighted by Gasteiger charge is -2.20. The first-order valence-electron chi connectivity index (χ1n) is 3.83. The molecule has 2 N–H and O–H groups in total. The average Bonchev–Trinajstić information content (AvgIpc) is 2.34. The molecule has 4 heteroatoms. The van der Waals surface area contributed by atoms with Gasteiger partial charge < -0.3 is 15.5 Å². The Balaban J connectivity index is 2.43. The minimum atomic E-state index is 0.0675. The zero-order chi connectivity index (χ0) is 8.43. The second-order valence-corrected chi connectivity index (χ2v) is 3.17. The maximum absolute atomic E-state index is 11.3. The van der Waals surface area contributed by atoms with Gasteiger partial charge in [-0.25, -0.2) is 4.79 Å². The Labute approximate surface area is 66.9 Å². The van der Waals surface area contributed by atoms with E-state index in [0.29, 0.717) is 6.54 Å². The summed E-state index contributed by atoms with van der Waals surface area (Å²) in [5.41, 5.74) is 5.65. The van der Waals surface area contributed by atoms with Crippen LogP contribution in [0.15, 0.2) is 0 Å². The molecule has 1 atom stereocenters. The van der Waals surface area contributed by atoms with Gasteiger partial charge in [0.25, 0.3) is 0 Å². The summed E-state index contributed by atoms with van der Waals surface area (Å²) in [6.07, 6.45) is 0.930. The number of amides is 2. The SMILES string of the molecule is CN(C)C(=O)N1CC[C@@H](N)C1. The van der Waals surface area contributed by atoms with Crippen LogP contribution >= 0.6 is 0 Å². The summed E-state index contributed by atoms with van der Waals surface area (Å²) in [6, 6.07) is 0.247. The zero-order valence-corrected chi connectivity index (χ0v) is 7.08. The van der Waals surface area contributed by atoms with Crippen molar-refractivity contribution >= 4 is 6.03 Å². The summed E-state index contributed by atoms with van der Waals surface area (Å²) >= 11 is 0. The van der Waals surface area contributed by atoms with Crippen LogP contribution in [0.1, 0.15) is 6.42 Å². The summed E-state index contributed by atoms with van der Waals surface area (Å²) in [6.45, 7) is 1.51. The van der Waals surface area contributed by atoms with Crippen molar-refractivity contribution in [2.24, 2.45) is 5.73 Å². The van der Waals surface area contributed by atoms with Gasteiger partial charge in [-0.1, -0.05) is 0 Å². The van der Waals surface area contributed by atoms with Crippen LogP contribution in [0.3, 0.4) is 0 Å². The first kappa shape index (κ1) is 8.33. The molecular formula is C7H15N3O. The van der Waals surface area contributed by atoms with Crippen molar-refractivity contribution in [2.45, 2.75) is 12.5 Å². The largest absolute Gasteiger partial charge is 0.331 e. The summed E-state index contributed by atoms with van der Waals surface area (Å²) in [4.78, 5) is 14.7. The second kappa shape index (κ2) is 3.09. The highest BCUT2D eigenvalue weighted by Gasteiger charge is 2.24. The highest BCUT2D eigenvalue weighted by Crippen LogP contribution is 2.07. The molecule has 0 radical (unpaired) electrons. The molecule has 1 fully saturated rings. The van der Waals surface area contributed by atoms with E-state index in [1.54, 1.807) is 23.9 Å². The van der Waals surface area contributed by atoms with Crippen molar-refractivity contribution in [3.05, 3.63) is 0 Å². The maximum Gasteiger partial charge on any atom is 0.319 e. The van der Waals surface area contributed by atoms with E-state index in [9.17, 15) is 4.79 Å². The van der Waals surface area contributed by atoms with Crippen molar-refractivity contribution < 1.29 is 4.79 Å². The summed E-state index contributed by atoms with van der Waals surface area (Å²) in [5, 5.41) is 0. The van der Waals surface area contributed by atoms with E-state index in [4.69, 9.17) is 5.73 Å². The molecule has 0 saturated carbocycles. The molecule has 1 rings (SSSR count). The van der Waals surface area contributed by atoms with Gasteiger partial charge in [-0.15, -0.1) is 0 Å². The van der Waals surface area contributed by atoms with E-state index in [1.165, 1.54) is 0 Å². The number of carbonyl (C=O) groups is 1. The topological polar surface area (TPSA) is 49.6 Å². The van der Waals surface area contributed by atoms with E-state index in [-0.39, 0.29) is 12.1 Å². The predicted molar refractivity (Wildman–Crippen MR) is 43.2 cm³/mol. The van der Waals surface area contributed by atoms with E-state index in [2.05, 4.69) is 0 Å². The number of nitrogens with two attached hydrogens (primary N) is 1. The monoisotopic (exact) mass is 157 g/mol. The quantitative estimate of drug-likeness (QED) is 0.525. The number of hydrogen-bond acceptors (Lipinski definition) is 2. The highest BCUT2D eigenvalue weighted by molar-refractivity contribution is 5.74. The van der Waals surface area contributed by atoms with Gasteiger partial charge in [0.05, 0.1) is 0 Å². The normalized spacial score (nSPS) is 23.9. The van der Waals surface area contributed by atoms with Crippen LogP contribution in [0.2, 0.25) is 0 Å². The third-order valence-corrected chi connectivity index (χ3v) is 1.88. The van der Waals surface area contributed by atoms with Crippen LogP contribution < -0.4 is 5.73 Å². The van der Waals surface area contributed by atoms with Crippen LogP contribution in [-0.2, 0) is 0 Å². The molecule has 1 saturated heterocycles. The third-order valence-electron chi connectivity index (χ3n) is 1.88. The fourth-order valence-corrected chi connectivity index (χ4v) is 1.24. The Morgan fingerprint density at radius 1 is 1.64 bits per heavy atom. The molecule has 4 nitrogen and oxygen atoms in total. The molecule has 1 heterocycles. The van der Waals surface area contributed by atoms with Crippen LogP contribution in [0, 0.1) is 0 Å². The van der Waals surface area contributed by atoms with Crippen LogP contribution in [0.5, 0.6) is 0 Å². The molecule has 0 aromatic rings. The number of hydrogen-bond donors (Lipinski definition) is 1. The molecule has 0 aliphatic carbocycles. The fourth-order valence-electron chi connectivity index (χ4n) is 1.24. The van der Waals surface area contributed by atoms with Crippen molar-refractivity contribution in [1.29, 1.82) is 0 Å². The standard InChI is InChI=1S/C7H15N3O/c1-9(2)7(11)10-4-3-6(8)5-10/h6H,3-5,8H2,1-2H3/t6-/m1/s1. The van der Waals surface area contributed by atoms with Crippen molar-refractivity contribution in [3.63, 3.8) is 0 Å². The smallest absolute Gasteiger partial charge is 0.319 e. The van der Waals surface area contributed by atoms with Gasteiger partial charge in [-0.2, -0.15) is 0 Å². The minimum absolute atomic E-state index is 0.0675. The molecule has 0 unspecified atom stereocenters. The lowest BCUT2D eigenvalue weighted by Crippen LogP contribution is -2.38. The fraction of sp³-hybridized carbons (Fsp3) is 0.857. The molecule has 2 amide bonds. The van der Waals surface area contributed by atoms with E-state index >= 15 is 0 Å². The molecule has 0 spiro atoms. The Kier molecular flexibility index (Phi) is 2.34. The van der Waals surface area contributed by atoms with Crippen molar-refractivity contribution in [2.75, 3.05) is 27.2 Å². The van der Waals surface area contributed by atoms with Gasteiger partial charge in [-0.05, 0) is 6.42 Å². The van der Waals surface area contributed by atoms with Gasteiger partial charge in [0.1, 0.15) is 0 Å². The zero-order valence-electron chi connectivity index (χ0n) is 7.08. The third kappa shape index (κ3) is 1.83. The summed E-state index contributed by atoms with van der Waals surface area (Å²) in [7, 11) is 3.51. The summed E-state index contributed by atoms with van der Waals surface area (Å²) in [5.74, 6) is 0. The number of rotatable bonds is 0. The molecule has 0 bridgehead atoms. The molecule has 0 aromatic carbocycles. The number of likely N-dealkylation sites (tertiary alicyclic amines) is 1. The number of urea groups is 1. The molecule has 1 aliphatic heterocycles. The van der Waals surface area contributed by atoms with Gasteiger partial charge in [0.15, 0.2) is 0 Å². The Morgan fingerprint density at radius 3 is 2.64 bits per heavy atom. The Hall–Kier alpha value is -0.770. The average molecular weight is 157 g/mol. The predicted octanol–water partition coefficient (Wildman–Crippen LogP) is -0.299. The summed E-state index contributed by atoms with van der Waals surface area (Å²) < 4.78 is 0. The van der Waals surface area contributed by atoms with Gasteiger partial charge in [0, 0.05) is 33.2 Å². The maximum atomic E-state index is 11.3. The lowest BCUT2D eigenvalue weighted by molar-refractivity contribution is 0.181. The Bertz CT molecular complexity index is 158. The molecule has 11 heavy (non-hydrogen) atoms. The van der Waals surface area contributed by atoms with Crippen LogP contribution in [-0.4, -0.2) is 49.1 Å². The molecule has 0 aromatic heterocycles. The first-order valence-corrected chi connectivity index (χ1v) is 3.83. The van der Waals surface area contributed by atoms with E-state index in [0.717, 1.165) is 13.0 Å². The van der Waals surface area contributed by atoms with E-state index in [1.807, 2.05) is 0 Å². The van der Waals surface area contributed by atoms with E-state index < -0.39 is 0 Å². The van der Waals surface area contributed by atoms with Crippen LogP contribution in [0.25, 0.3) is 0 Å². The van der Waals surface area contributed by atoms with Gasteiger partial charge in [-0.3, -0.25) is 0 Å². The number of nitrogens with zero attached hydrogens (tertiary/aromatic N) is 2. The van der Waals surface area contributed by atoms with Gasteiger partial charge >= 0.3 is 6.03 Å². The molecule has 1 aliphatic rings. The first-order chi connectivity index (χ1) is 5.11. The Morgan fingerprint density at radius 2 is 2.27 bits per heavy atom. The van der Waals surface area contributed by atoms with Crippen LogP contribution in [0.4, 0.5) is 4.79 Å². The second-order valence-electron chi connectivity index (χ2n) is 3.17. The van der Waals surface area contributed by atoms with Crippen molar-refractivity contribution in [1.82, 2.24) is 9.80 Å². The highest BCUT2D eigenvalue weighted by atomic mass is 16.2. The molecular weight excluding hydrogens is 142 g/mol.